The quantitative estimate of drug-likeness (QED) is 0.589. The maximum atomic E-state index is 9.75. The number of nitrogens with zero attached hydrogens (tertiary/aromatic N) is 1. The third-order valence-electron chi connectivity index (χ3n) is 2.28. The summed E-state index contributed by atoms with van der Waals surface area (Å²) in [6.07, 6.45) is 5.08. The molecule has 4 heteroatoms. The van der Waals surface area contributed by atoms with E-state index in [1.54, 1.807) is 12.4 Å². The van der Waals surface area contributed by atoms with Crippen LogP contribution in [0.4, 0.5) is 0 Å². The minimum atomic E-state index is -0.484. The van der Waals surface area contributed by atoms with Crippen LogP contribution in [0, 0.1) is 0 Å². The van der Waals surface area contributed by atoms with E-state index in [0.29, 0.717) is 5.82 Å². The van der Waals surface area contributed by atoms with Gasteiger partial charge in [-0.2, -0.15) is 0 Å². The van der Waals surface area contributed by atoms with Crippen molar-refractivity contribution < 1.29 is 5.11 Å². The van der Waals surface area contributed by atoms with Crippen molar-refractivity contribution in [2.45, 2.75) is 25.0 Å². The van der Waals surface area contributed by atoms with Gasteiger partial charge >= 0.3 is 0 Å². The first-order valence-electron chi connectivity index (χ1n) is 4.28. The highest BCUT2D eigenvalue weighted by atomic mass is 16.3. The Morgan fingerprint density at radius 1 is 1.67 bits per heavy atom. The molecule has 2 rings (SSSR count). The molecule has 0 radical (unpaired) electrons. The van der Waals surface area contributed by atoms with Crippen LogP contribution in [0.2, 0.25) is 0 Å². The monoisotopic (exact) mass is 167 g/mol. The largest absolute Gasteiger partial charge is 0.384 e. The van der Waals surface area contributed by atoms with E-state index in [4.69, 9.17) is 0 Å². The lowest BCUT2D eigenvalue weighted by atomic mass is 10.1. The van der Waals surface area contributed by atoms with Crippen molar-refractivity contribution in [1.82, 2.24) is 15.3 Å². The number of aromatic amines is 1. The van der Waals surface area contributed by atoms with E-state index in [9.17, 15) is 5.11 Å². The highest BCUT2D eigenvalue weighted by Gasteiger charge is 2.25. The Hall–Kier alpha value is -0.870. The first-order chi connectivity index (χ1) is 5.88. The average Bonchev–Trinajstić information content (AvgIpc) is 2.77. The van der Waals surface area contributed by atoms with Gasteiger partial charge in [0.05, 0.1) is 0 Å². The smallest absolute Gasteiger partial charge is 0.136 e. The van der Waals surface area contributed by atoms with Crippen LogP contribution in [0.1, 0.15) is 24.8 Å². The van der Waals surface area contributed by atoms with Crippen molar-refractivity contribution in [2.75, 3.05) is 6.54 Å². The van der Waals surface area contributed by atoms with Crippen molar-refractivity contribution in [3.8, 4) is 0 Å². The van der Waals surface area contributed by atoms with Crippen LogP contribution < -0.4 is 5.32 Å². The number of hydrogen-bond donors (Lipinski definition) is 3. The Balaban J connectivity index is 2.04. The molecular weight excluding hydrogens is 154 g/mol. The van der Waals surface area contributed by atoms with E-state index in [1.807, 2.05) is 0 Å². The van der Waals surface area contributed by atoms with E-state index in [2.05, 4.69) is 15.3 Å². The first kappa shape index (κ1) is 7.76. The van der Waals surface area contributed by atoms with E-state index in [0.717, 1.165) is 19.4 Å². The van der Waals surface area contributed by atoms with Crippen molar-refractivity contribution in [3.05, 3.63) is 18.2 Å². The van der Waals surface area contributed by atoms with Gasteiger partial charge in [-0.25, -0.2) is 4.98 Å². The fourth-order valence-corrected chi connectivity index (χ4v) is 1.61. The SMILES string of the molecule is OC(c1ncc[nH]1)C1CCCN1. The summed E-state index contributed by atoms with van der Waals surface area (Å²) < 4.78 is 0. The van der Waals surface area contributed by atoms with Crippen molar-refractivity contribution in [1.29, 1.82) is 0 Å². The maximum Gasteiger partial charge on any atom is 0.136 e. The fraction of sp³-hybridized carbons (Fsp3) is 0.625. The fourth-order valence-electron chi connectivity index (χ4n) is 1.61. The molecule has 12 heavy (non-hydrogen) atoms. The summed E-state index contributed by atoms with van der Waals surface area (Å²) in [5.74, 6) is 0.661. The molecule has 1 fully saturated rings. The molecule has 0 aliphatic carbocycles. The Morgan fingerprint density at radius 3 is 3.17 bits per heavy atom. The van der Waals surface area contributed by atoms with Crippen LogP contribution in [-0.2, 0) is 0 Å². The molecule has 0 aromatic carbocycles. The summed E-state index contributed by atoms with van der Waals surface area (Å²) in [6.45, 7) is 1.00. The molecule has 1 aliphatic heterocycles. The van der Waals surface area contributed by atoms with Crippen LogP contribution in [0.15, 0.2) is 12.4 Å². The molecule has 2 heterocycles. The topological polar surface area (TPSA) is 60.9 Å². The highest BCUT2D eigenvalue weighted by molar-refractivity contribution is 4.98. The van der Waals surface area contributed by atoms with Crippen molar-refractivity contribution in [3.63, 3.8) is 0 Å². The third-order valence-corrected chi connectivity index (χ3v) is 2.28. The van der Waals surface area contributed by atoms with Crippen LogP contribution in [0.5, 0.6) is 0 Å². The lowest BCUT2D eigenvalue weighted by molar-refractivity contribution is 0.129. The molecule has 2 unspecified atom stereocenters. The zero-order chi connectivity index (χ0) is 8.39. The lowest BCUT2D eigenvalue weighted by Gasteiger charge is -2.15. The molecule has 4 nitrogen and oxygen atoms in total. The van der Waals surface area contributed by atoms with E-state index in [1.165, 1.54) is 0 Å². The Labute approximate surface area is 71.0 Å². The number of rotatable bonds is 2. The summed E-state index contributed by atoms with van der Waals surface area (Å²) in [5, 5.41) is 13.0. The number of imidazole rings is 1. The zero-order valence-electron chi connectivity index (χ0n) is 6.83. The Bertz CT molecular complexity index is 228. The molecule has 3 N–H and O–H groups in total. The van der Waals surface area contributed by atoms with Crippen LogP contribution in [-0.4, -0.2) is 27.7 Å². The minimum Gasteiger partial charge on any atom is -0.384 e. The van der Waals surface area contributed by atoms with Crippen molar-refractivity contribution in [2.24, 2.45) is 0 Å². The summed E-state index contributed by atoms with van der Waals surface area (Å²) in [7, 11) is 0. The van der Waals surface area contributed by atoms with Gasteiger partial charge < -0.3 is 15.4 Å². The van der Waals surface area contributed by atoms with Gasteiger partial charge in [0.25, 0.3) is 0 Å². The normalized spacial score (nSPS) is 25.9. The lowest BCUT2D eigenvalue weighted by Crippen LogP contribution is -2.29. The second-order valence-electron chi connectivity index (χ2n) is 3.12. The van der Waals surface area contributed by atoms with Gasteiger partial charge in [-0.3, -0.25) is 0 Å². The van der Waals surface area contributed by atoms with Crippen LogP contribution >= 0.6 is 0 Å². The summed E-state index contributed by atoms with van der Waals surface area (Å²) >= 11 is 0. The molecular formula is C8H13N3O. The number of aliphatic hydroxyl groups excluding tert-OH is 1. The second kappa shape index (κ2) is 3.25. The molecule has 2 atom stereocenters. The molecule has 0 saturated carbocycles. The van der Waals surface area contributed by atoms with E-state index < -0.39 is 6.10 Å². The number of hydrogen-bond acceptors (Lipinski definition) is 3. The second-order valence-corrected chi connectivity index (χ2v) is 3.12. The van der Waals surface area contributed by atoms with Crippen LogP contribution in [0.25, 0.3) is 0 Å². The number of aliphatic hydroxyl groups is 1. The average molecular weight is 167 g/mol. The molecule has 0 bridgehead atoms. The first-order valence-corrected chi connectivity index (χ1v) is 4.28. The third kappa shape index (κ3) is 1.35. The summed E-state index contributed by atoms with van der Waals surface area (Å²) in [6, 6.07) is 0.177. The van der Waals surface area contributed by atoms with E-state index in [-0.39, 0.29) is 6.04 Å². The standard InChI is InChI=1S/C8H13N3O/c12-7(6-2-1-3-9-6)8-10-4-5-11-8/h4-7,9,12H,1-3H2,(H,10,11). The van der Waals surface area contributed by atoms with Gasteiger partial charge in [0, 0.05) is 18.4 Å². The maximum absolute atomic E-state index is 9.75. The van der Waals surface area contributed by atoms with Crippen molar-refractivity contribution >= 4 is 0 Å². The van der Waals surface area contributed by atoms with Gasteiger partial charge in [0.1, 0.15) is 11.9 Å². The Morgan fingerprint density at radius 2 is 2.58 bits per heavy atom. The van der Waals surface area contributed by atoms with Crippen LogP contribution in [0.3, 0.4) is 0 Å². The Kier molecular flexibility index (Phi) is 2.10. The van der Waals surface area contributed by atoms with Gasteiger partial charge in [0.15, 0.2) is 0 Å². The summed E-state index contributed by atoms with van der Waals surface area (Å²) in [4.78, 5) is 6.93. The van der Waals surface area contributed by atoms with Gasteiger partial charge in [0.2, 0.25) is 0 Å². The predicted molar refractivity (Wildman–Crippen MR) is 44.6 cm³/mol. The minimum absolute atomic E-state index is 0.177. The van der Waals surface area contributed by atoms with Gasteiger partial charge in [-0.1, -0.05) is 0 Å². The molecule has 1 aromatic heterocycles. The molecule has 1 saturated heterocycles. The summed E-state index contributed by atoms with van der Waals surface area (Å²) in [5.41, 5.74) is 0. The van der Waals surface area contributed by atoms with E-state index >= 15 is 0 Å². The number of H-pyrrole nitrogens is 1. The van der Waals surface area contributed by atoms with Gasteiger partial charge in [-0.15, -0.1) is 0 Å². The zero-order valence-corrected chi connectivity index (χ0v) is 6.83. The highest BCUT2D eigenvalue weighted by Crippen LogP contribution is 2.19. The number of nitrogens with one attached hydrogen (secondary N) is 2. The molecule has 0 spiro atoms. The molecule has 66 valence electrons. The molecule has 1 aliphatic rings. The molecule has 1 aromatic rings. The predicted octanol–water partition coefficient (Wildman–Crippen LogP) is 0.195. The van der Waals surface area contributed by atoms with Gasteiger partial charge in [-0.05, 0) is 19.4 Å². The molecule has 0 amide bonds. The number of aromatic nitrogens is 2.